The topological polar surface area (TPSA) is 79.0 Å². The van der Waals surface area contributed by atoms with Gasteiger partial charge in [-0.3, -0.25) is 14.9 Å². The minimum Gasteiger partial charge on any atom is -0.494 e. The maximum absolute atomic E-state index is 13.2. The molecule has 0 atom stereocenters. The van der Waals surface area contributed by atoms with Gasteiger partial charge in [-0.15, -0.1) is 0 Å². The summed E-state index contributed by atoms with van der Waals surface area (Å²) in [5.41, 5.74) is 4.25. The summed E-state index contributed by atoms with van der Waals surface area (Å²) in [5, 5.41) is 3.00. The molecule has 2 aliphatic rings. The van der Waals surface area contributed by atoms with E-state index >= 15 is 0 Å². The Bertz CT molecular complexity index is 1380. The van der Waals surface area contributed by atoms with E-state index in [9.17, 15) is 14.4 Å². The number of halogens is 1. The Morgan fingerprint density at radius 2 is 1.81 bits per heavy atom. The Labute approximate surface area is 213 Å². The van der Waals surface area contributed by atoms with Gasteiger partial charge < -0.3 is 9.64 Å². The number of barbiturate groups is 1. The molecule has 0 aliphatic carbocycles. The second-order valence-electron chi connectivity index (χ2n) is 8.54. The molecule has 7 nitrogen and oxygen atoms in total. The number of urea groups is 1. The van der Waals surface area contributed by atoms with Crippen LogP contribution in [0.25, 0.3) is 6.08 Å². The molecule has 5 rings (SSSR count). The molecular weight excluding hydrogens is 478 g/mol. The van der Waals surface area contributed by atoms with Gasteiger partial charge in [0.1, 0.15) is 11.3 Å². The first-order valence-electron chi connectivity index (χ1n) is 11.7. The van der Waals surface area contributed by atoms with Gasteiger partial charge in [0.2, 0.25) is 0 Å². The van der Waals surface area contributed by atoms with Crippen LogP contribution in [-0.4, -0.2) is 31.0 Å². The number of benzene rings is 3. The second-order valence-corrected chi connectivity index (χ2v) is 8.94. The summed E-state index contributed by atoms with van der Waals surface area (Å²) in [4.78, 5) is 41.5. The molecule has 3 aromatic carbocycles. The van der Waals surface area contributed by atoms with Gasteiger partial charge in [0.25, 0.3) is 11.8 Å². The summed E-state index contributed by atoms with van der Waals surface area (Å²) in [6.45, 7) is 3.92. The zero-order chi connectivity index (χ0) is 25.2. The number of carbonyl (C=O) groups excluding carboxylic acids is 3. The van der Waals surface area contributed by atoms with E-state index in [0.29, 0.717) is 30.2 Å². The maximum atomic E-state index is 13.2. The van der Waals surface area contributed by atoms with Gasteiger partial charge in [0.15, 0.2) is 0 Å². The molecule has 1 saturated heterocycles. The van der Waals surface area contributed by atoms with Crippen LogP contribution in [0.3, 0.4) is 0 Å². The molecule has 0 unspecified atom stereocenters. The number of nitrogens with zero attached hydrogens (tertiary/aromatic N) is 2. The van der Waals surface area contributed by atoms with Crippen molar-refractivity contribution in [2.45, 2.75) is 19.9 Å². The van der Waals surface area contributed by atoms with Crippen molar-refractivity contribution < 1.29 is 19.1 Å². The van der Waals surface area contributed by atoms with E-state index in [0.717, 1.165) is 39.7 Å². The summed E-state index contributed by atoms with van der Waals surface area (Å²) in [5.74, 6) is -0.763. The third-order valence-electron chi connectivity index (χ3n) is 6.23. The van der Waals surface area contributed by atoms with Crippen molar-refractivity contribution in [1.82, 2.24) is 5.32 Å². The highest BCUT2D eigenvalue weighted by molar-refractivity contribution is 6.39. The summed E-state index contributed by atoms with van der Waals surface area (Å²) >= 11 is 6.34. The Kier molecular flexibility index (Phi) is 6.48. The number of hydrogen-bond donors (Lipinski definition) is 1. The fraction of sp³-hybridized carbons (Fsp3) is 0.179. The number of carbonyl (C=O) groups is 3. The van der Waals surface area contributed by atoms with Crippen LogP contribution in [0.2, 0.25) is 5.02 Å². The fourth-order valence-electron chi connectivity index (χ4n) is 4.49. The Balaban J connectivity index is 1.39. The van der Waals surface area contributed by atoms with Gasteiger partial charge >= 0.3 is 6.03 Å². The molecule has 2 heterocycles. The molecule has 0 bridgehead atoms. The smallest absolute Gasteiger partial charge is 0.335 e. The van der Waals surface area contributed by atoms with E-state index in [4.69, 9.17) is 16.3 Å². The van der Waals surface area contributed by atoms with E-state index in [1.807, 2.05) is 49.4 Å². The van der Waals surface area contributed by atoms with Crippen LogP contribution in [0, 0.1) is 0 Å². The molecule has 0 saturated carbocycles. The first kappa shape index (κ1) is 23.6. The highest BCUT2D eigenvalue weighted by atomic mass is 35.5. The Morgan fingerprint density at radius 3 is 2.56 bits per heavy atom. The number of amides is 4. The predicted octanol–water partition coefficient (Wildman–Crippen LogP) is 4.97. The summed E-state index contributed by atoms with van der Waals surface area (Å²) in [6, 6.07) is 19.4. The van der Waals surface area contributed by atoms with Gasteiger partial charge in [0, 0.05) is 23.8 Å². The first-order valence-corrected chi connectivity index (χ1v) is 12.1. The third kappa shape index (κ3) is 4.57. The minimum absolute atomic E-state index is 0.102. The van der Waals surface area contributed by atoms with Crippen LogP contribution in [-0.2, 0) is 22.6 Å². The lowest BCUT2D eigenvalue weighted by Gasteiger charge is -2.26. The standard InChI is InChI=1S/C28H24ClN3O4/c1-2-36-22-10-8-21(9-11-22)32-27(34)23(26(33)30-28(32)35)16-18-7-12-25-19(15-18)13-14-31(25)17-20-5-3-4-6-24(20)29/h3-12,15-16H,2,13-14,17H2,1H3,(H,30,33,35). The number of anilines is 2. The van der Waals surface area contributed by atoms with E-state index < -0.39 is 17.8 Å². The van der Waals surface area contributed by atoms with Gasteiger partial charge in [-0.1, -0.05) is 35.9 Å². The van der Waals surface area contributed by atoms with E-state index in [2.05, 4.69) is 10.2 Å². The molecule has 2 aliphatic heterocycles. The summed E-state index contributed by atoms with van der Waals surface area (Å²) < 4.78 is 5.42. The monoisotopic (exact) mass is 501 g/mol. The van der Waals surface area contributed by atoms with Crippen molar-refractivity contribution in [2.24, 2.45) is 0 Å². The average Bonchev–Trinajstić information content (AvgIpc) is 3.26. The molecule has 3 aromatic rings. The average molecular weight is 502 g/mol. The molecule has 0 radical (unpaired) electrons. The molecule has 36 heavy (non-hydrogen) atoms. The summed E-state index contributed by atoms with van der Waals surface area (Å²) in [6.07, 6.45) is 2.37. The highest BCUT2D eigenvalue weighted by Crippen LogP contribution is 2.32. The van der Waals surface area contributed by atoms with Crippen molar-refractivity contribution >= 4 is 46.9 Å². The second kappa shape index (κ2) is 9.87. The van der Waals surface area contributed by atoms with Crippen LogP contribution in [0.4, 0.5) is 16.2 Å². The third-order valence-corrected chi connectivity index (χ3v) is 6.60. The van der Waals surface area contributed by atoms with Crippen molar-refractivity contribution in [3.05, 3.63) is 94.0 Å². The molecule has 182 valence electrons. The van der Waals surface area contributed by atoms with Crippen molar-refractivity contribution in [3.63, 3.8) is 0 Å². The molecule has 0 aromatic heterocycles. The van der Waals surface area contributed by atoms with Crippen LogP contribution in [0.5, 0.6) is 5.75 Å². The quantitative estimate of drug-likeness (QED) is 0.381. The normalized spacial score (nSPS) is 16.4. The lowest BCUT2D eigenvalue weighted by molar-refractivity contribution is -0.122. The highest BCUT2D eigenvalue weighted by Gasteiger charge is 2.37. The fourth-order valence-corrected chi connectivity index (χ4v) is 4.69. The lowest BCUT2D eigenvalue weighted by atomic mass is 10.0. The van der Waals surface area contributed by atoms with E-state index in [1.165, 1.54) is 6.08 Å². The molecule has 0 spiro atoms. The minimum atomic E-state index is -0.782. The van der Waals surface area contributed by atoms with E-state index in [-0.39, 0.29) is 5.57 Å². The Morgan fingerprint density at radius 1 is 1.03 bits per heavy atom. The zero-order valence-corrected chi connectivity index (χ0v) is 20.4. The number of ether oxygens (including phenoxy) is 1. The van der Waals surface area contributed by atoms with Crippen molar-refractivity contribution in [2.75, 3.05) is 23.0 Å². The van der Waals surface area contributed by atoms with Crippen LogP contribution in [0.15, 0.2) is 72.3 Å². The van der Waals surface area contributed by atoms with Crippen LogP contribution in [0.1, 0.15) is 23.6 Å². The SMILES string of the molecule is CCOc1ccc(N2C(=O)NC(=O)C(=Cc3ccc4c(c3)CCN4Cc3ccccc3Cl)C2=O)cc1. The number of imide groups is 2. The number of hydrogen-bond acceptors (Lipinski definition) is 5. The molecule has 1 N–H and O–H groups in total. The van der Waals surface area contributed by atoms with E-state index in [1.54, 1.807) is 24.3 Å². The van der Waals surface area contributed by atoms with Gasteiger partial charge in [-0.25, -0.2) is 9.69 Å². The zero-order valence-electron chi connectivity index (χ0n) is 19.7. The van der Waals surface area contributed by atoms with Gasteiger partial charge in [-0.2, -0.15) is 0 Å². The van der Waals surface area contributed by atoms with Crippen molar-refractivity contribution in [3.8, 4) is 5.75 Å². The van der Waals surface area contributed by atoms with Gasteiger partial charge in [0.05, 0.1) is 12.3 Å². The molecule has 8 heteroatoms. The molecule has 4 amide bonds. The summed E-state index contributed by atoms with van der Waals surface area (Å²) in [7, 11) is 0. The molecule has 1 fully saturated rings. The van der Waals surface area contributed by atoms with Crippen LogP contribution < -0.4 is 19.9 Å². The largest absolute Gasteiger partial charge is 0.494 e. The number of rotatable bonds is 6. The first-order chi connectivity index (χ1) is 17.4. The van der Waals surface area contributed by atoms with Gasteiger partial charge in [-0.05, 0) is 78.6 Å². The maximum Gasteiger partial charge on any atom is 0.335 e. The number of nitrogens with one attached hydrogen (secondary N) is 1. The Hall–Kier alpha value is -4.10. The van der Waals surface area contributed by atoms with Crippen LogP contribution >= 0.6 is 11.6 Å². The molecular formula is C28H24ClN3O4. The predicted molar refractivity (Wildman–Crippen MR) is 139 cm³/mol. The lowest BCUT2D eigenvalue weighted by Crippen LogP contribution is -2.54. The van der Waals surface area contributed by atoms with Crippen molar-refractivity contribution in [1.29, 1.82) is 0 Å². The number of fused-ring (bicyclic) bond motifs is 1.